The van der Waals surface area contributed by atoms with Crippen molar-refractivity contribution in [1.29, 1.82) is 0 Å². The Kier molecular flexibility index (Phi) is 4.29. The largest absolute Gasteiger partial charge is 0.465 e. The molecule has 0 bridgehead atoms. The Hall–Kier alpha value is -1.10. The van der Waals surface area contributed by atoms with E-state index in [0.29, 0.717) is 11.4 Å². The molecule has 5 heteroatoms. The highest BCUT2D eigenvalue weighted by Crippen LogP contribution is 2.26. The molecule has 0 fully saturated rings. The van der Waals surface area contributed by atoms with Crippen molar-refractivity contribution in [3.63, 3.8) is 0 Å². The number of nitrogens with two attached hydrogens (primary N) is 1. The molecule has 0 atom stereocenters. The summed E-state index contributed by atoms with van der Waals surface area (Å²) in [6, 6.07) is 7.79. The lowest BCUT2D eigenvalue weighted by Gasteiger charge is -1.94. The first-order chi connectivity index (χ1) is 7.24. The highest BCUT2D eigenvalue weighted by atomic mass is 35.5. The lowest BCUT2D eigenvalue weighted by Crippen LogP contribution is -1.96. The Morgan fingerprint density at radius 3 is 2.81 bits per heavy atom. The SMILES string of the molecule is COC(=O)c1cc2ccc(CN)cc2s1.Cl. The van der Waals surface area contributed by atoms with Gasteiger partial charge in [0, 0.05) is 11.2 Å². The van der Waals surface area contributed by atoms with Crippen LogP contribution in [0.1, 0.15) is 15.2 Å². The molecule has 0 aliphatic carbocycles. The van der Waals surface area contributed by atoms with Crippen LogP contribution in [-0.2, 0) is 11.3 Å². The number of rotatable bonds is 2. The van der Waals surface area contributed by atoms with E-state index in [-0.39, 0.29) is 18.4 Å². The van der Waals surface area contributed by atoms with Gasteiger partial charge in [-0.15, -0.1) is 23.7 Å². The first-order valence-electron chi connectivity index (χ1n) is 4.55. The van der Waals surface area contributed by atoms with Gasteiger partial charge in [0.2, 0.25) is 0 Å². The number of benzene rings is 1. The van der Waals surface area contributed by atoms with E-state index in [4.69, 9.17) is 5.73 Å². The third kappa shape index (κ3) is 2.35. The molecule has 0 saturated carbocycles. The summed E-state index contributed by atoms with van der Waals surface area (Å²) in [5.41, 5.74) is 6.62. The van der Waals surface area contributed by atoms with Crippen LogP contribution in [-0.4, -0.2) is 13.1 Å². The van der Waals surface area contributed by atoms with Gasteiger partial charge in [-0.05, 0) is 23.1 Å². The van der Waals surface area contributed by atoms with E-state index in [9.17, 15) is 4.79 Å². The average molecular weight is 258 g/mol. The molecule has 3 nitrogen and oxygen atoms in total. The van der Waals surface area contributed by atoms with Crippen molar-refractivity contribution >= 4 is 39.8 Å². The zero-order chi connectivity index (χ0) is 10.8. The summed E-state index contributed by atoms with van der Waals surface area (Å²) in [6.45, 7) is 0.515. The van der Waals surface area contributed by atoms with Crippen LogP contribution in [0.15, 0.2) is 24.3 Å². The van der Waals surface area contributed by atoms with E-state index in [2.05, 4.69) is 4.74 Å². The Morgan fingerprint density at radius 1 is 1.44 bits per heavy atom. The molecule has 1 aromatic heterocycles. The van der Waals surface area contributed by atoms with E-state index in [0.717, 1.165) is 15.6 Å². The van der Waals surface area contributed by atoms with E-state index < -0.39 is 0 Å². The quantitative estimate of drug-likeness (QED) is 0.842. The molecule has 16 heavy (non-hydrogen) atoms. The van der Waals surface area contributed by atoms with Crippen LogP contribution < -0.4 is 5.73 Å². The van der Waals surface area contributed by atoms with Gasteiger partial charge >= 0.3 is 5.97 Å². The molecule has 1 aromatic carbocycles. The van der Waals surface area contributed by atoms with Crippen molar-refractivity contribution in [2.45, 2.75) is 6.54 Å². The molecule has 0 unspecified atom stereocenters. The van der Waals surface area contributed by atoms with Crippen LogP contribution in [0.25, 0.3) is 10.1 Å². The molecule has 1 heterocycles. The molecule has 0 aliphatic rings. The van der Waals surface area contributed by atoms with Gasteiger partial charge < -0.3 is 10.5 Å². The van der Waals surface area contributed by atoms with Crippen LogP contribution in [0.3, 0.4) is 0 Å². The van der Waals surface area contributed by atoms with Gasteiger partial charge in [0.05, 0.1) is 7.11 Å². The van der Waals surface area contributed by atoms with E-state index in [1.54, 1.807) is 0 Å². The summed E-state index contributed by atoms with van der Waals surface area (Å²) in [5, 5.41) is 1.05. The number of carbonyl (C=O) groups excluding carboxylic acids is 1. The van der Waals surface area contributed by atoms with Gasteiger partial charge in [-0.3, -0.25) is 0 Å². The predicted molar refractivity (Wildman–Crippen MR) is 68.3 cm³/mol. The van der Waals surface area contributed by atoms with E-state index >= 15 is 0 Å². The molecule has 2 N–H and O–H groups in total. The second-order valence-corrected chi connectivity index (χ2v) is 4.26. The Morgan fingerprint density at radius 2 is 2.19 bits per heavy atom. The second-order valence-electron chi connectivity index (χ2n) is 3.18. The maximum absolute atomic E-state index is 11.3. The Balaban J connectivity index is 0.00000128. The molecule has 0 saturated heterocycles. The van der Waals surface area contributed by atoms with Crippen molar-refractivity contribution in [3.05, 3.63) is 34.7 Å². The third-order valence-electron chi connectivity index (χ3n) is 2.21. The van der Waals surface area contributed by atoms with Crippen LogP contribution in [0, 0.1) is 0 Å². The van der Waals surface area contributed by atoms with E-state index in [1.807, 2.05) is 24.3 Å². The topological polar surface area (TPSA) is 52.3 Å². The van der Waals surface area contributed by atoms with Crippen molar-refractivity contribution in [1.82, 2.24) is 0 Å². The highest BCUT2D eigenvalue weighted by Gasteiger charge is 2.09. The molecule has 0 aliphatic heterocycles. The van der Waals surface area contributed by atoms with E-state index in [1.165, 1.54) is 18.4 Å². The van der Waals surface area contributed by atoms with Gasteiger partial charge in [-0.25, -0.2) is 4.79 Å². The van der Waals surface area contributed by atoms with Crippen LogP contribution in [0.2, 0.25) is 0 Å². The monoisotopic (exact) mass is 257 g/mol. The Bertz CT molecular complexity index is 510. The first-order valence-corrected chi connectivity index (χ1v) is 5.37. The molecule has 0 radical (unpaired) electrons. The lowest BCUT2D eigenvalue weighted by molar-refractivity contribution is 0.0606. The zero-order valence-corrected chi connectivity index (χ0v) is 10.4. The van der Waals surface area contributed by atoms with Crippen LogP contribution >= 0.6 is 23.7 Å². The van der Waals surface area contributed by atoms with Crippen molar-refractivity contribution in [2.75, 3.05) is 7.11 Å². The number of hydrogen-bond donors (Lipinski definition) is 1. The minimum Gasteiger partial charge on any atom is -0.465 e. The third-order valence-corrected chi connectivity index (χ3v) is 3.28. The number of fused-ring (bicyclic) bond motifs is 1. The van der Waals surface area contributed by atoms with Gasteiger partial charge in [-0.2, -0.15) is 0 Å². The van der Waals surface area contributed by atoms with Gasteiger partial charge in [0.1, 0.15) is 4.88 Å². The molecular weight excluding hydrogens is 246 g/mol. The smallest absolute Gasteiger partial charge is 0.348 e. The summed E-state index contributed by atoms with van der Waals surface area (Å²) < 4.78 is 5.74. The molecule has 2 rings (SSSR count). The molecule has 0 spiro atoms. The molecular formula is C11H12ClNO2S. The van der Waals surface area contributed by atoms with Crippen LogP contribution in [0.4, 0.5) is 0 Å². The molecule has 0 amide bonds. The minimum absolute atomic E-state index is 0. The number of carbonyl (C=O) groups is 1. The fourth-order valence-corrected chi connectivity index (χ4v) is 2.45. The van der Waals surface area contributed by atoms with Gasteiger partial charge in [-0.1, -0.05) is 12.1 Å². The van der Waals surface area contributed by atoms with Gasteiger partial charge in [0.25, 0.3) is 0 Å². The number of hydrogen-bond acceptors (Lipinski definition) is 4. The summed E-state index contributed by atoms with van der Waals surface area (Å²) in [6.07, 6.45) is 0. The Labute approximate surface area is 104 Å². The lowest BCUT2D eigenvalue weighted by atomic mass is 10.2. The zero-order valence-electron chi connectivity index (χ0n) is 8.73. The van der Waals surface area contributed by atoms with Crippen LogP contribution in [0.5, 0.6) is 0 Å². The fraction of sp³-hybridized carbons (Fsp3) is 0.182. The maximum Gasteiger partial charge on any atom is 0.348 e. The normalized spacial score (nSPS) is 9.88. The minimum atomic E-state index is -0.287. The maximum atomic E-state index is 11.3. The summed E-state index contributed by atoms with van der Waals surface area (Å²) >= 11 is 1.43. The number of ether oxygens (including phenoxy) is 1. The number of esters is 1. The first kappa shape index (κ1) is 13.0. The summed E-state index contributed by atoms with van der Waals surface area (Å²) in [7, 11) is 1.39. The highest BCUT2D eigenvalue weighted by molar-refractivity contribution is 7.20. The molecule has 86 valence electrons. The number of halogens is 1. The summed E-state index contributed by atoms with van der Waals surface area (Å²) in [4.78, 5) is 11.9. The van der Waals surface area contributed by atoms with Crippen molar-refractivity contribution in [2.24, 2.45) is 5.73 Å². The fourth-order valence-electron chi connectivity index (χ4n) is 1.40. The van der Waals surface area contributed by atoms with Crippen molar-refractivity contribution < 1.29 is 9.53 Å². The van der Waals surface area contributed by atoms with Crippen molar-refractivity contribution in [3.8, 4) is 0 Å². The van der Waals surface area contributed by atoms with Gasteiger partial charge in [0.15, 0.2) is 0 Å². The second kappa shape index (κ2) is 5.30. The number of thiophene rings is 1. The number of methoxy groups -OCH3 is 1. The molecule has 2 aromatic rings. The predicted octanol–water partition coefficient (Wildman–Crippen LogP) is 2.57. The average Bonchev–Trinajstić information content (AvgIpc) is 2.70. The summed E-state index contributed by atoms with van der Waals surface area (Å²) in [5.74, 6) is -0.287. The standard InChI is InChI=1S/C11H11NO2S.ClH/c1-14-11(13)10-5-8-3-2-7(6-12)4-9(8)15-10;/h2-5H,6,12H2,1H3;1H.